The van der Waals surface area contributed by atoms with Gasteiger partial charge in [-0.05, 0) is 13.8 Å². The minimum absolute atomic E-state index is 0.0521. The van der Waals surface area contributed by atoms with Crippen LogP contribution in [0.4, 0.5) is 5.13 Å². The zero-order chi connectivity index (χ0) is 16.2. The van der Waals surface area contributed by atoms with E-state index in [0.717, 1.165) is 24.5 Å². The fourth-order valence-electron chi connectivity index (χ4n) is 2.30. The Labute approximate surface area is 136 Å². The van der Waals surface area contributed by atoms with Crippen molar-refractivity contribution in [3.05, 3.63) is 11.1 Å². The van der Waals surface area contributed by atoms with Crippen LogP contribution in [-0.2, 0) is 21.3 Å². The number of aromatic nitrogens is 1. The molecule has 0 atom stereocenters. The van der Waals surface area contributed by atoms with Gasteiger partial charge in [0.1, 0.15) is 0 Å². The molecule has 2 heterocycles. The van der Waals surface area contributed by atoms with E-state index in [0.29, 0.717) is 18.2 Å². The van der Waals surface area contributed by atoms with Crippen molar-refractivity contribution in [1.82, 2.24) is 14.2 Å². The van der Waals surface area contributed by atoms with Crippen molar-refractivity contribution in [2.75, 3.05) is 44.3 Å². The van der Waals surface area contributed by atoms with Crippen LogP contribution in [0, 0.1) is 0 Å². The normalized spacial score (nSPS) is 18.1. The Morgan fingerprint density at radius 1 is 1.36 bits per heavy atom. The molecule has 1 aromatic heterocycles. The highest BCUT2D eigenvalue weighted by Crippen LogP contribution is 2.18. The molecule has 7 nitrogen and oxygen atoms in total. The molecule has 2 rings (SSSR count). The lowest BCUT2D eigenvalue weighted by molar-refractivity contribution is 0.0902. The number of rotatable bonds is 7. The summed E-state index contributed by atoms with van der Waals surface area (Å²) >= 11 is 1.48. The summed E-state index contributed by atoms with van der Waals surface area (Å²) < 4.78 is 31.4. The molecule has 0 aromatic carbocycles. The molecule has 0 spiro atoms. The Kier molecular flexibility index (Phi) is 6.16. The summed E-state index contributed by atoms with van der Waals surface area (Å²) in [5.41, 5.74) is 5.62. The van der Waals surface area contributed by atoms with E-state index in [2.05, 4.69) is 9.88 Å². The number of hydrogen-bond acceptors (Lipinski definition) is 7. The Balaban J connectivity index is 1.78. The number of nitrogen functional groups attached to an aromatic ring is 1. The molecule has 0 amide bonds. The highest BCUT2D eigenvalue weighted by molar-refractivity contribution is 7.89. The summed E-state index contributed by atoms with van der Waals surface area (Å²) in [6.45, 7) is 7.33. The van der Waals surface area contributed by atoms with E-state index in [9.17, 15) is 8.42 Å². The van der Waals surface area contributed by atoms with Crippen LogP contribution in [-0.4, -0.2) is 67.2 Å². The molecule has 1 aliphatic heterocycles. The van der Waals surface area contributed by atoms with Crippen molar-refractivity contribution in [2.45, 2.75) is 26.5 Å². The quantitative estimate of drug-likeness (QED) is 0.776. The summed E-state index contributed by atoms with van der Waals surface area (Å²) in [5, 5.41) is 0.571. The second-order valence-electron chi connectivity index (χ2n) is 5.58. The lowest BCUT2D eigenvalue weighted by atomic mass is 10.3. The minimum Gasteiger partial charge on any atom is -0.378 e. The van der Waals surface area contributed by atoms with Gasteiger partial charge in [-0.15, -0.1) is 11.3 Å². The molecule has 0 bridgehead atoms. The van der Waals surface area contributed by atoms with Gasteiger partial charge in [0.2, 0.25) is 10.0 Å². The molecule has 0 aliphatic carbocycles. The molecule has 2 N–H and O–H groups in total. The van der Waals surface area contributed by atoms with Crippen molar-refractivity contribution in [3.8, 4) is 0 Å². The first-order chi connectivity index (χ1) is 10.4. The zero-order valence-corrected chi connectivity index (χ0v) is 14.7. The first-order valence-electron chi connectivity index (χ1n) is 7.39. The molecule has 1 aromatic rings. The van der Waals surface area contributed by atoms with Gasteiger partial charge in [0, 0.05) is 43.8 Å². The predicted octanol–water partition coefficient (Wildman–Crippen LogP) is 0.598. The summed E-state index contributed by atoms with van der Waals surface area (Å²) in [4.78, 5) is 7.37. The number of nitrogens with two attached hydrogens (primary N) is 1. The van der Waals surface area contributed by atoms with Gasteiger partial charge in [-0.3, -0.25) is 4.90 Å². The highest BCUT2D eigenvalue weighted by Gasteiger charge is 2.26. The lowest BCUT2D eigenvalue weighted by Gasteiger charge is -2.33. The Morgan fingerprint density at radius 2 is 2.05 bits per heavy atom. The van der Waals surface area contributed by atoms with Gasteiger partial charge < -0.3 is 10.5 Å². The molecule has 0 saturated carbocycles. The molecule has 126 valence electrons. The zero-order valence-electron chi connectivity index (χ0n) is 13.1. The second-order valence-corrected chi connectivity index (χ2v) is 8.81. The first kappa shape index (κ1) is 17.6. The van der Waals surface area contributed by atoms with E-state index in [1.54, 1.807) is 10.5 Å². The third-order valence-corrected chi connectivity index (χ3v) is 6.11. The van der Waals surface area contributed by atoms with Crippen LogP contribution in [0.3, 0.4) is 0 Å². The van der Waals surface area contributed by atoms with Crippen LogP contribution in [0.5, 0.6) is 0 Å². The number of sulfonamides is 1. The van der Waals surface area contributed by atoms with Crippen molar-refractivity contribution >= 4 is 26.5 Å². The number of piperazine rings is 1. The van der Waals surface area contributed by atoms with Crippen LogP contribution >= 0.6 is 11.3 Å². The average molecular weight is 348 g/mol. The molecule has 1 fully saturated rings. The smallest absolute Gasteiger partial charge is 0.216 e. The van der Waals surface area contributed by atoms with Crippen molar-refractivity contribution in [3.63, 3.8) is 0 Å². The van der Waals surface area contributed by atoms with E-state index in [1.165, 1.54) is 11.3 Å². The second kappa shape index (κ2) is 7.69. The minimum atomic E-state index is -3.22. The third-order valence-electron chi connectivity index (χ3n) is 3.47. The van der Waals surface area contributed by atoms with Gasteiger partial charge in [-0.25, -0.2) is 13.4 Å². The molecule has 22 heavy (non-hydrogen) atoms. The fraction of sp³-hybridized carbons (Fsp3) is 0.769. The summed E-state index contributed by atoms with van der Waals surface area (Å²) in [6, 6.07) is 0. The molecule has 1 saturated heterocycles. The van der Waals surface area contributed by atoms with Crippen molar-refractivity contribution in [2.24, 2.45) is 0 Å². The van der Waals surface area contributed by atoms with Crippen LogP contribution in [0.15, 0.2) is 6.20 Å². The van der Waals surface area contributed by atoms with Gasteiger partial charge >= 0.3 is 0 Å². The SMILES string of the molecule is CC(C)OCCS(=O)(=O)N1CCN(Cc2cnc(N)s2)CC1. The average Bonchev–Trinajstić information content (AvgIpc) is 2.84. The number of anilines is 1. The molecular formula is C13H24N4O3S2. The molecular weight excluding hydrogens is 324 g/mol. The monoisotopic (exact) mass is 348 g/mol. The Hall–Kier alpha value is -0.740. The predicted molar refractivity (Wildman–Crippen MR) is 88.3 cm³/mol. The van der Waals surface area contributed by atoms with Gasteiger partial charge in [-0.1, -0.05) is 0 Å². The topological polar surface area (TPSA) is 88.8 Å². The maximum absolute atomic E-state index is 12.2. The first-order valence-corrected chi connectivity index (χ1v) is 9.81. The largest absolute Gasteiger partial charge is 0.378 e. The van der Waals surface area contributed by atoms with E-state index < -0.39 is 10.0 Å². The number of hydrogen-bond donors (Lipinski definition) is 1. The van der Waals surface area contributed by atoms with Crippen LogP contribution in [0.25, 0.3) is 0 Å². The maximum Gasteiger partial charge on any atom is 0.216 e. The lowest BCUT2D eigenvalue weighted by Crippen LogP contribution is -2.49. The van der Waals surface area contributed by atoms with E-state index in [1.807, 2.05) is 13.8 Å². The van der Waals surface area contributed by atoms with Crippen LogP contribution < -0.4 is 5.73 Å². The summed E-state index contributed by atoms with van der Waals surface area (Å²) in [5.74, 6) is 0.0521. The fourth-order valence-corrected chi connectivity index (χ4v) is 4.31. The maximum atomic E-state index is 12.2. The van der Waals surface area contributed by atoms with Crippen LogP contribution in [0.2, 0.25) is 0 Å². The van der Waals surface area contributed by atoms with Gasteiger partial charge in [0.25, 0.3) is 0 Å². The Bertz CT molecular complexity index is 566. The number of ether oxygens (including phenoxy) is 1. The van der Waals surface area contributed by atoms with Crippen molar-refractivity contribution in [1.29, 1.82) is 0 Å². The van der Waals surface area contributed by atoms with Gasteiger partial charge in [-0.2, -0.15) is 4.31 Å². The third kappa shape index (κ3) is 5.17. The molecule has 0 unspecified atom stereocenters. The summed E-state index contributed by atoms with van der Waals surface area (Å²) in [6.07, 6.45) is 1.84. The number of nitrogens with zero attached hydrogens (tertiary/aromatic N) is 3. The summed E-state index contributed by atoms with van der Waals surface area (Å²) in [7, 11) is -3.22. The van der Waals surface area contributed by atoms with Crippen LogP contribution in [0.1, 0.15) is 18.7 Å². The number of thiazole rings is 1. The standard InChI is InChI=1S/C13H24N4O3S2/c1-11(2)20-7-8-22(18,19)17-5-3-16(4-6-17)10-12-9-15-13(14)21-12/h9,11H,3-8,10H2,1-2H3,(H2,14,15). The van der Waals surface area contributed by atoms with E-state index in [-0.39, 0.29) is 18.5 Å². The van der Waals surface area contributed by atoms with E-state index in [4.69, 9.17) is 10.5 Å². The van der Waals surface area contributed by atoms with Gasteiger partial charge in [0.05, 0.1) is 18.5 Å². The molecule has 0 radical (unpaired) electrons. The molecule has 1 aliphatic rings. The molecule has 9 heteroatoms. The Morgan fingerprint density at radius 3 is 2.59 bits per heavy atom. The van der Waals surface area contributed by atoms with Gasteiger partial charge in [0.15, 0.2) is 5.13 Å². The van der Waals surface area contributed by atoms with Crippen molar-refractivity contribution < 1.29 is 13.2 Å². The highest BCUT2D eigenvalue weighted by atomic mass is 32.2. The van der Waals surface area contributed by atoms with E-state index >= 15 is 0 Å².